The Labute approximate surface area is 132 Å². The minimum Gasteiger partial charge on any atom is -0.494 e. The maximum atomic E-state index is 12.4. The number of carbonyl (C=O) groups excluding carboxylic acids is 2. The number of anilines is 1. The van der Waals surface area contributed by atoms with E-state index in [-0.39, 0.29) is 17.9 Å². The number of nitrogens with one attached hydrogen (secondary N) is 2. The van der Waals surface area contributed by atoms with Crippen molar-refractivity contribution in [2.45, 2.75) is 47.1 Å². The Morgan fingerprint density at radius 1 is 1.14 bits per heavy atom. The topological polar surface area (TPSA) is 67.4 Å². The zero-order chi connectivity index (χ0) is 16.8. The van der Waals surface area contributed by atoms with Gasteiger partial charge in [-0.15, -0.1) is 0 Å². The molecule has 0 radical (unpaired) electrons. The van der Waals surface area contributed by atoms with Gasteiger partial charge >= 0.3 is 0 Å². The molecule has 0 heterocycles. The van der Waals surface area contributed by atoms with Crippen molar-refractivity contribution >= 4 is 17.5 Å². The maximum absolute atomic E-state index is 12.4. The van der Waals surface area contributed by atoms with Crippen LogP contribution < -0.4 is 15.4 Å². The average Bonchev–Trinajstić information content (AvgIpc) is 2.49. The van der Waals surface area contributed by atoms with E-state index in [0.717, 1.165) is 12.2 Å². The molecule has 0 saturated carbocycles. The highest BCUT2D eigenvalue weighted by Crippen LogP contribution is 2.21. The maximum Gasteiger partial charge on any atom is 0.239 e. The van der Waals surface area contributed by atoms with E-state index in [2.05, 4.69) is 10.6 Å². The van der Waals surface area contributed by atoms with Crippen LogP contribution in [0.15, 0.2) is 24.3 Å². The molecular formula is C17H26N2O3. The first-order valence-corrected chi connectivity index (χ1v) is 7.66. The molecule has 1 aromatic carbocycles. The molecule has 0 aliphatic rings. The summed E-state index contributed by atoms with van der Waals surface area (Å²) in [5.41, 5.74) is -0.500. The second kappa shape index (κ2) is 7.82. The molecule has 1 rings (SSSR count). The summed E-state index contributed by atoms with van der Waals surface area (Å²) in [6.07, 6.45) is 0.822. The fourth-order valence-electron chi connectivity index (χ4n) is 1.70. The molecule has 5 heteroatoms. The van der Waals surface area contributed by atoms with Crippen molar-refractivity contribution in [3.05, 3.63) is 24.3 Å². The first-order valence-electron chi connectivity index (χ1n) is 7.66. The van der Waals surface area contributed by atoms with Crippen LogP contribution in [0.1, 0.15) is 41.0 Å². The second-order valence-electron chi connectivity index (χ2n) is 5.82. The molecule has 22 heavy (non-hydrogen) atoms. The molecule has 122 valence electrons. The number of carbonyl (C=O) groups is 2. The lowest BCUT2D eigenvalue weighted by Crippen LogP contribution is -2.47. The standard InChI is InChI=1S/C17H26N2O3/c1-6-12(3)18-15(20)17(4,5)16(21)19-13-8-10-14(11-9-13)22-7-2/h8-12H,6-7H2,1-5H3,(H,18,20)(H,19,21). The van der Waals surface area contributed by atoms with E-state index in [1.54, 1.807) is 38.1 Å². The number of hydrogen-bond donors (Lipinski definition) is 2. The van der Waals surface area contributed by atoms with E-state index in [0.29, 0.717) is 12.3 Å². The Hall–Kier alpha value is -2.04. The van der Waals surface area contributed by atoms with Gasteiger partial charge in [-0.2, -0.15) is 0 Å². The van der Waals surface area contributed by atoms with Gasteiger partial charge in [0.1, 0.15) is 11.2 Å². The van der Waals surface area contributed by atoms with Crippen molar-refractivity contribution in [2.24, 2.45) is 5.41 Å². The third kappa shape index (κ3) is 4.76. The van der Waals surface area contributed by atoms with E-state index in [1.807, 2.05) is 20.8 Å². The van der Waals surface area contributed by atoms with Crippen molar-refractivity contribution in [1.29, 1.82) is 0 Å². The number of amides is 2. The summed E-state index contributed by atoms with van der Waals surface area (Å²) in [6.45, 7) is 9.64. The summed E-state index contributed by atoms with van der Waals surface area (Å²) in [5, 5.41) is 5.61. The van der Waals surface area contributed by atoms with E-state index < -0.39 is 5.41 Å². The third-order valence-electron chi connectivity index (χ3n) is 3.55. The lowest BCUT2D eigenvalue weighted by Gasteiger charge is -2.24. The van der Waals surface area contributed by atoms with Crippen LogP contribution in [-0.2, 0) is 9.59 Å². The molecule has 0 aromatic heterocycles. The van der Waals surface area contributed by atoms with Gasteiger partial charge in [-0.25, -0.2) is 0 Å². The quantitative estimate of drug-likeness (QED) is 0.761. The van der Waals surface area contributed by atoms with Crippen LogP contribution >= 0.6 is 0 Å². The van der Waals surface area contributed by atoms with Gasteiger partial charge < -0.3 is 15.4 Å². The zero-order valence-corrected chi connectivity index (χ0v) is 14.0. The Balaban J connectivity index is 2.71. The second-order valence-corrected chi connectivity index (χ2v) is 5.82. The van der Waals surface area contributed by atoms with Gasteiger partial charge in [0.25, 0.3) is 0 Å². The predicted molar refractivity (Wildman–Crippen MR) is 87.9 cm³/mol. The minimum atomic E-state index is -1.14. The lowest BCUT2D eigenvalue weighted by atomic mass is 9.90. The first kappa shape index (κ1) is 18.0. The first-order chi connectivity index (χ1) is 10.3. The van der Waals surface area contributed by atoms with Crippen LogP contribution in [0.4, 0.5) is 5.69 Å². The van der Waals surface area contributed by atoms with Gasteiger partial charge in [0.15, 0.2) is 0 Å². The number of rotatable bonds is 7. The molecule has 2 N–H and O–H groups in total. The summed E-state index contributed by atoms with van der Waals surface area (Å²) >= 11 is 0. The molecule has 5 nitrogen and oxygen atoms in total. The average molecular weight is 306 g/mol. The molecule has 0 saturated heterocycles. The van der Waals surface area contributed by atoms with Gasteiger partial charge in [0, 0.05) is 11.7 Å². The molecule has 1 aromatic rings. The molecule has 0 spiro atoms. The fourth-order valence-corrected chi connectivity index (χ4v) is 1.70. The summed E-state index contributed by atoms with van der Waals surface area (Å²) in [4.78, 5) is 24.6. The highest BCUT2D eigenvalue weighted by Gasteiger charge is 2.36. The molecule has 1 atom stereocenters. The smallest absolute Gasteiger partial charge is 0.239 e. The van der Waals surface area contributed by atoms with Crippen molar-refractivity contribution in [1.82, 2.24) is 5.32 Å². The summed E-state index contributed by atoms with van der Waals surface area (Å²) in [6, 6.07) is 7.12. The van der Waals surface area contributed by atoms with Crippen molar-refractivity contribution in [3.63, 3.8) is 0 Å². The monoisotopic (exact) mass is 306 g/mol. The predicted octanol–water partition coefficient (Wildman–Crippen LogP) is 2.96. The lowest BCUT2D eigenvalue weighted by molar-refractivity contribution is -0.138. The van der Waals surface area contributed by atoms with Crippen LogP contribution in [0.2, 0.25) is 0 Å². The van der Waals surface area contributed by atoms with E-state index >= 15 is 0 Å². The van der Waals surface area contributed by atoms with Gasteiger partial charge in [-0.3, -0.25) is 9.59 Å². The molecule has 1 unspecified atom stereocenters. The molecule has 2 amide bonds. The van der Waals surface area contributed by atoms with Crippen LogP contribution in [-0.4, -0.2) is 24.5 Å². The third-order valence-corrected chi connectivity index (χ3v) is 3.55. The minimum absolute atomic E-state index is 0.0463. The van der Waals surface area contributed by atoms with Gasteiger partial charge in [-0.05, 0) is 58.4 Å². The van der Waals surface area contributed by atoms with Crippen LogP contribution in [0.25, 0.3) is 0 Å². The molecule has 0 aliphatic heterocycles. The number of benzene rings is 1. The van der Waals surface area contributed by atoms with Gasteiger partial charge in [0.05, 0.1) is 6.61 Å². The highest BCUT2D eigenvalue weighted by molar-refractivity contribution is 6.09. The fraction of sp³-hybridized carbons (Fsp3) is 0.529. The molecule has 0 aliphatic carbocycles. The van der Waals surface area contributed by atoms with Crippen molar-refractivity contribution in [2.75, 3.05) is 11.9 Å². The molecular weight excluding hydrogens is 280 g/mol. The normalized spacial score (nSPS) is 12.4. The Morgan fingerprint density at radius 3 is 2.23 bits per heavy atom. The number of hydrogen-bond acceptors (Lipinski definition) is 3. The van der Waals surface area contributed by atoms with Crippen LogP contribution in [0.3, 0.4) is 0 Å². The van der Waals surface area contributed by atoms with Crippen molar-refractivity contribution in [3.8, 4) is 5.75 Å². The zero-order valence-electron chi connectivity index (χ0n) is 14.0. The van der Waals surface area contributed by atoms with E-state index in [9.17, 15) is 9.59 Å². The van der Waals surface area contributed by atoms with E-state index in [4.69, 9.17) is 4.74 Å². The Morgan fingerprint density at radius 2 is 1.73 bits per heavy atom. The van der Waals surface area contributed by atoms with Crippen LogP contribution in [0, 0.1) is 5.41 Å². The Kier molecular flexibility index (Phi) is 6.40. The number of ether oxygens (including phenoxy) is 1. The summed E-state index contributed by atoms with van der Waals surface area (Å²) in [7, 11) is 0. The summed E-state index contributed by atoms with van der Waals surface area (Å²) < 4.78 is 5.35. The van der Waals surface area contributed by atoms with E-state index in [1.165, 1.54) is 0 Å². The molecule has 0 fully saturated rings. The van der Waals surface area contributed by atoms with Crippen molar-refractivity contribution < 1.29 is 14.3 Å². The van der Waals surface area contributed by atoms with Gasteiger partial charge in [-0.1, -0.05) is 6.92 Å². The summed E-state index contributed by atoms with van der Waals surface area (Å²) in [5.74, 6) is 0.136. The highest BCUT2D eigenvalue weighted by atomic mass is 16.5. The Bertz CT molecular complexity index is 509. The molecule has 0 bridgehead atoms. The van der Waals surface area contributed by atoms with Gasteiger partial charge in [0.2, 0.25) is 11.8 Å². The SMILES string of the molecule is CCOc1ccc(NC(=O)C(C)(C)C(=O)NC(C)CC)cc1. The largest absolute Gasteiger partial charge is 0.494 e. The van der Waals surface area contributed by atoms with Crippen LogP contribution in [0.5, 0.6) is 5.75 Å².